The van der Waals surface area contributed by atoms with E-state index < -0.39 is 0 Å². The number of likely N-dealkylation sites (tertiary alicyclic amines) is 1. The van der Waals surface area contributed by atoms with E-state index in [1.54, 1.807) is 4.52 Å². The van der Waals surface area contributed by atoms with Gasteiger partial charge in [-0.2, -0.15) is 0 Å². The maximum atomic E-state index is 12.7. The Morgan fingerprint density at radius 2 is 2.12 bits per heavy atom. The lowest BCUT2D eigenvalue weighted by Gasteiger charge is -2.21. The zero-order chi connectivity index (χ0) is 18.7. The zero-order valence-corrected chi connectivity index (χ0v) is 16.2. The number of aromatic amines is 1. The molecule has 0 spiro atoms. The van der Waals surface area contributed by atoms with Crippen LogP contribution in [0.3, 0.4) is 0 Å². The van der Waals surface area contributed by atoms with Crippen LogP contribution in [0.2, 0.25) is 0 Å². The number of fused-ring (bicyclic) bond motifs is 1. The number of amides is 1. The molecule has 6 nitrogen and oxygen atoms in total. The summed E-state index contributed by atoms with van der Waals surface area (Å²) in [7, 11) is 0. The van der Waals surface area contributed by atoms with Crippen molar-refractivity contribution >= 4 is 11.6 Å². The summed E-state index contributed by atoms with van der Waals surface area (Å²) >= 11 is 0. The van der Waals surface area contributed by atoms with Gasteiger partial charge in [0.05, 0.1) is 0 Å². The molecule has 2 aromatic heterocycles. The Morgan fingerprint density at radius 3 is 2.88 bits per heavy atom. The summed E-state index contributed by atoms with van der Waals surface area (Å²) < 4.78 is 1.72. The second-order valence-corrected chi connectivity index (χ2v) is 7.54. The molecule has 1 aliphatic rings. The van der Waals surface area contributed by atoms with Crippen LogP contribution in [0.4, 0.5) is 0 Å². The van der Waals surface area contributed by atoms with Crippen LogP contribution in [-0.2, 0) is 11.2 Å². The molecule has 0 unspecified atom stereocenters. The topological polar surface area (TPSA) is 70.5 Å². The molecule has 6 heteroatoms. The van der Waals surface area contributed by atoms with Crippen LogP contribution in [0.15, 0.2) is 10.9 Å². The first-order valence-corrected chi connectivity index (χ1v) is 9.85. The fourth-order valence-corrected chi connectivity index (χ4v) is 4.22. The van der Waals surface area contributed by atoms with Crippen LogP contribution >= 0.6 is 0 Å². The lowest BCUT2D eigenvalue weighted by molar-refractivity contribution is -0.131. The predicted octanol–water partition coefficient (Wildman–Crippen LogP) is 3.00. The number of carbonyl (C=O) groups excluding carboxylic acids is 1. The first-order valence-electron chi connectivity index (χ1n) is 9.85. The van der Waals surface area contributed by atoms with Crippen molar-refractivity contribution in [1.82, 2.24) is 19.5 Å². The quantitative estimate of drug-likeness (QED) is 0.893. The molecule has 3 rings (SSSR count). The molecule has 3 heterocycles. The monoisotopic (exact) mass is 358 g/mol. The van der Waals surface area contributed by atoms with Gasteiger partial charge in [0.15, 0.2) is 5.65 Å². The Balaban J connectivity index is 1.66. The van der Waals surface area contributed by atoms with Crippen LogP contribution in [-0.4, -0.2) is 38.5 Å². The largest absolute Gasteiger partial charge is 0.343 e. The number of carbonyl (C=O) groups is 1. The summed E-state index contributed by atoms with van der Waals surface area (Å²) in [5.41, 5.74) is 3.39. The van der Waals surface area contributed by atoms with Gasteiger partial charge in [0, 0.05) is 37.0 Å². The number of H-pyrrole nitrogens is 1. The second kappa shape index (κ2) is 8.06. The van der Waals surface area contributed by atoms with Crippen molar-refractivity contribution in [1.29, 1.82) is 0 Å². The average Bonchev–Trinajstić information content (AvgIpc) is 2.82. The van der Waals surface area contributed by atoms with Crippen LogP contribution in [0, 0.1) is 19.8 Å². The third-order valence-electron chi connectivity index (χ3n) is 5.69. The Labute approximate surface area is 154 Å². The van der Waals surface area contributed by atoms with Crippen molar-refractivity contribution in [2.24, 2.45) is 5.92 Å². The normalized spacial score (nSPS) is 18.3. The van der Waals surface area contributed by atoms with Crippen molar-refractivity contribution in [3.63, 3.8) is 0 Å². The van der Waals surface area contributed by atoms with Gasteiger partial charge in [0.1, 0.15) is 0 Å². The van der Waals surface area contributed by atoms with E-state index in [9.17, 15) is 9.59 Å². The summed E-state index contributed by atoms with van der Waals surface area (Å²) in [6.45, 7) is 7.94. The van der Waals surface area contributed by atoms with Crippen LogP contribution in [0.25, 0.3) is 5.65 Å². The molecule has 0 saturated carbocycles. The Hall–Kier alpha value is -2.11. The Morgan fingerprint density at radius 1 is 1.31 bits per heavy atom. The fourth-order valence-electron chi connectivity index (χ4n) is 4.22. The zero-order valence-electron chi connectivity index (χ0n) is 16.2. The number of hydrogen-bond acceptors (Lipinski definition) is 3. The highest BCUT2D eigenvalue weighted by molar-refractivity contribution is 5.76. The summed E-state index contributed by atoms with van der Waals surface area (Å²) in [4.78, 5) is 30.8. The maximum Gasteiger partial charge on any atom is 0.266 e. The lowest BCUT2D eigenvalue weighted by Crippen LogP contribution is -2.32. The fraction of sp³-hybridized carbons (Fsp3) is 0.650. The van der Waals surface area contributed by atoms with Crippen molar-refractivity contribution in [2.75, 3.05) is 13.1 Å². The van der Waals surface area contributed by atoms with Crippen molar-refractivity contribution in [2.45, 2.75) is 65.7 Å². The average molecular weight is 358 g/mol. The van der Waals surface area contributed by atoms with Crippen LogP contribution < -0.4 is 5.56 Å². The number of aromatic nitrogens is 3. The highest BCUT2D eigenvalue weighted by Crippen LogP contribution is 2.23. The van der Waals surface area contributed by atoms with E-state index in [0.29, 0.717) is 18.5 Å². The Bertz CT molecular complexity index is 836. The van der Waals surface area contributed by atoms with Gasteiger partial charge in [-0.25, -0.2) is 9.50 Å². The molecule has 0 aromatic carbocycles. The Kier molecular flexibility index (Phi) is 5.79. The maximum absolute atomic E-state index is 12.7. The van der Waals surface area contributed by atoms with E-state index >= 15 is 0 Å². The predicted molar refractivity (Wildman–Crippen MR) is 102 cm³/mol. The number of aryl methyl sites for hydroxylation is 2. The first-order chi connectivity index (χ1) is 12.5. The molecule has 1 N–H and O–H groups in total. The molecule has 26 heavy (non-hydrogen) atoms. The van der Waals surface area contributed by atoms with E-state index in [-0.39, 0.29) is 11.5 Å². The third kappa shape index (κ3) is 4.00. The van der Waals surface area contributed by atoms with Crippen LogP contribution in [0.1, 0.15) is 62.4 Å². The molecule has 1 amide bonds. The van der Waals surface area contributed by atoms with Gasteiger partial charge >= 0.3 is 0 Å². The van der Waals surface area contributed by atoms with Crippen molar-refractivity contribution in [3.8, 4) is 0 Å². The number of nitrogens with zero attached hydrogens (tertiary/aromatic N) is 3. The van der Waals surface area contributed by atoms with Crippen molar-refractivity contribution < 1.29 is 4.79 Å². The summed E-state index contributed by atoms with van der Waals surface area (Å²) in [6, 6.07) is 1.50. The van der Waals surface area contributed by atoms with Gasteiger partial charge in [-0.15, -0.1) is 0 Å². The molecule has 0 bridgehead atoms. The van der Waals surface area contributed by atoms with Gasteiger partial charge < -0.3 is 4.90 Å². The number of nitrogens with one attached hydrogen (secondary N) is 1. The molecule has 1 atom stereocenters. The second-order valence-electron chi connectivity index (χ2n) is 7.54. The lowest BCUT2D eigenvalue weighted by atomic mass is 9.96. The summed E-state index contributed by atoms with van der Waals surface area (Å²) in [5, 5.41) is 2.77. The molecule has 1 saturated heterocycles. The standard InChI is InChI=1S/C20H30N4O2/c1-4-6-16-7-5-11-23(12-10-16)20(26)9-8-17-14(2)21-18-13-19(25)22-24(18)15(17)3/h13,16H,4-12H2,1-3H3,(H,22,25)/t16-/m1/s1. The SMILES string of the molecule is CCC[C@@H]1CCCN(C(=O)CCc2c(C)nc3cc(=O)[nH]n3c2C)CC1. The summed E-state index contributed by atoms with van der Waals surface area (Å²) in [6.07, 6.45) is 7.17. The van der Waals surface area contributed by atoms with Gasteiger partial charge in [0.25, 0.3) is 5.56 Å². The molecule has 0 radical (unpaired) electrons. The van der Waals surface area contributed by atoms with E-state index in [2.05, 4.69) is 17.0 Å². The molecule has 1 fully saturated rings. The minimum absolute atomic E-state index is 0.153. The van der Waals surface area contributed by atoms with E-state index in [0.717, 1.165) is 48.8 Å². The molecular formula is C20H30N4O2. The van der Waals surface area contributed by atoms with E-state index in [1.165, 1.54) is 25.3 Å². The minimum atomic E-state index is -0.153. The van der Waals surface area contributed by atoms with E-state index in [1.807, 2.05) is 18.7 Å². The number of rotatable bonds is 5. The molecule has 0 aliphatic carbocycles. The summed E-state index contributed by atoms with van der Waals surface area (Å²) in [5.74, 6) is 1.02. The minimum Gasteiger partial charge on any atom is -0.343 e. The van der Waals surface area contributed by atoms with Gasteiger partial charge in [0.2, 0.25) is 5.91 Å². The smallest absolute Gasteiger partial charge is 0.266 e. The molecule has 2 aromatic rings. The molecule has 1 aliphatic heterocycles. The number of hydrogen-bond donors (Lipinski definition) is 1. The third-order valence-corrected chi connectivity index (χ3v) is 5.69. The highest BCUT2D eigenvalue weighted by Gasteiger charge is 2.21. The molecule has 142 valence electrons. The van der Waals surface area contributed by atoms with Gasteiger partial charge in [-0.05, 0) is 51.0 Å². The van der Waals surface area contributed by atoms with Crippen molar-refractivity contribution in [3.05, 3.63) is 33.4 Å². The first kappa shape index (κ1) is 18.7. The highest BCUT2D eigenvalue weighted by atomic mass is 16.2. The van der Waals surface area contributed by atoms with E-state index in [4.69, 9.17) is 0 Å². The van der Waals surface area contributed by atoms with Crippen LogP contribution in [0.5, 0.6) is 0 Å². The molecular weight excluding hydrogens is 328 g/mol. The van der Waals surface area contributed by atoms with Gasteiger partial charge in [-0.3, -0.25) is 14.7 Å². The van der Waals surface area contributed by atoms with Gasteiger partial charge in [-0.1, -0.05) is 19.8 Å².